The molecule has 3 fully saturated rings. The van der Waals surface area contributed by atoms with E-state index in [1.54, 1.807) is 57.4 Å². The maximum Gasteiger partial charge on any atom is 0.633 e. The van der Waals surface area contributed by atoms with Gasteiger partial charge in [0, 0.05) is 58.4 Å². The molecule has 8 atom stereocenters. The summed E-state index contributed by atoms with van der Waals surface area (Å²) in [7, 11) is 1.42. The van der Waals surface area contributed by atoms with Crippen molar-refractivity contribution in [3.05, 3.63) is 172 Å². The molecule has 4 heterocycles. The Kier molecular flexibility index (Phi) is 33.8. The van der Waals surface area contributed by atoms with Crippen LogP contribution in [0.15, 0.2) is 138 Å². The number of esters is 2. The van der Waals surface area contributed by atoms with E-state index in [0.717, 1.165) is 83.8 Å². The molecule has 0 saturated carbocycles. The largest absolute Gasteiger partial charge is 1.00 e. The minimum atomic E-state index is -1.03. The SMILES string of the molecule is C=CC1C[N+]2(Cc3ccccc3)CCC1CC2[C@@H](O)c1ccnc2ccccc12.CC(N=Cc1ccc(Cl)cc1)C(=O)OC(C)(C)C.CCCC[C@@](C)(N)C(=O)O.CCCC[C@@](C)(N=Cc1ccc(Cl)cc1)C(=O)OC(C)(C)C.Cl.[C-]#[N+][B]C.[Cl-]. The molecule has 85 heavy (non-hydrogen) atoms. The number of aromatic nitrogens is 1. The van der Waals surface area contributed by atoms with E-state index in [1.165, 1.54) is 19.4 Å². The fraction of sp³-hybridized carbons (Fsp3) is 0.478. The quantitative estimate of drug-likeness (QED) is 0.0192. The van der Waals surface area contributed by atoms with Crippen molar-refractivity contribution in [1.29, 1.82) is 0 Å². The summed E-state index contributed by atoms with van der Waals surface area (Å²) in [5.41, 5.74) is 7.70. The van der Waals surface area contributed by atoms with Crippen LogP contribution in [0.3, 0.4) is 0 Å². The number of rotatable bonds is 18. The number of hydrogen-bond acceptors (Lipinski definition) is 10. The van der Waals surface area contributed by atoms with Crippen LogP contribution < -0.4 is 18.1 Å². The molecular formula is C67H92BCl4N6O7. The lowest BCUT2D eigenvalue weighted by Crippen LogP contribution is -3.00. The number of nitrogens with two attached hydrogens (primary N) is 1. The highest BCUT2D eigenvalue weighted by Crippen LogP contribution is 2.48. The van der Waals surface area contributed by atoms with Gasteiger partial charge in [-0.3, -0.25) is 26.3 Å². The monoisotopic (exact) mass is 1240 g/mol. The lowest BCUT2D eigenvalue weighted by atomic mass is 9.71. The summed E-state index contributed by atoms with van der Waals surface area (Å²) in [6, 6.07) is 35.2. The Hall–Kier alpha value is -5.63. The third-order valence-corrected chi connectivity index (χ3v) is 14.8. The van der Waals surface area contributed by atoms with E-state index in [2.05, 4.69) is 75.7 Å². The summed E-state index contributed by atoms with van der Waals surface area (Å²) in [5, 5.41) is 22.7. The number of aliphatic imine (C=N–C) groups is 2. The number of hydrogen-bond donors (Lipinski definition) is 3. The van der Waals surface area contributed by atoms with Gasteiger partial charge in [0.2, 0.25) is 0 Å². The number of fused-ring (bicyclic) bond motifs is 4. The van der Waals surface area contributed by atoms with Crippen molar-refractivity contribution in [3.8, 4) is 0 Å². The lowest BCUT2D eigenvalue weighted by Gasteiger charge is -2.58. The van der Waals surface area contributed by atoms with Gasteiger partial charge in [-0.05, 0) is 141 Å². The van der Waals surface area contributed by atoms with E-state index in [4.69, 9.17) is 50.1 Å². The molecule has 5 aromatic rings. The van der Waals surface area contributed by atoms with Gasteiger partial charge in [0.1, 0.15) is 41.5 Å². The molecule has 8 rings (SSSR count). The van der Waals surface area contributed by atoms with Crippen molar-refractivity contribution >= 4 is 84.3 Å². The van der Waals surface area contributed by atoms with E-state index in [0.29, 0.717) is 34.7 Å². The predicted octanol–water partition coefficient (Wildman–Crippen LogP) is 12.4. The summed E-state index contributed by atoms with van der Waals surface area (Å²) < 4.78 is 14.6. The first-order valence-electron chi connectivity index (χ1n) is 28.8. The average Bonchev–Trinajstić information content (AvgIpc) is 1.02. The molecule has 18 heteroatoms. The number of carbonyl (C=O) groups is 3. The molecule has 3 saturated heterocycles. The van der Waals surface area contributed by atoms with Gasteiger partial charge in [-0.15, -0.1) is 19.0 Å². The first-order valence-corrected chi connectivity index (χ1v) is 29.6. The Labute approximate surface area is 530 Å². The van der Waals surface area contributed by atoms with Crippen LogP contribution in [0.5, 0.6) is 0 Å². The summed E-state index contributed by atoms with van der Waals surface area (Å²) in [6.45, 7) is 35.3. The zero-order chi connectivity index (χ0) is 62.0. The van der Waals surface area contributed by atoms with Gasteiger partial charge < -0.3 is 47.1 Å². The Morgan fingerprint density at radius 2 is 1.38 bits per heavy atom. The number of unbranched alkanes of at least 4 members (excludes halogenated alkanes) is 2. The Bertz CT molecular complexity index is 2910. The summed E-state index contributed by atoms with van der Waals surface area (Å²) in [5.74, 6) is -0.339. The van der Waals surface area contributed by atoms with Crippen LogP contribution in [0.25, 0.3) is 15.7 Å². The molecule has 3 aliphatic heterocycles. The normalized spacial score (nSPS) is 18.9. The number of halogens is 4. The van der Waals surface area contributed by atoms with Crippen molar-refractivity contribution in [1.82, 2.24) is 4.98 Å². The van der Waals surface area contributed by atoms with Crippen LogP contribution >= 0.6 is 35.6 Å². The maximum atomic E-state index is 12.5. The average molecular weight is 1250 g/mol. The first-order chi connectivity index (χ1) is 39.1. The zero-order valence-corrected chi connectivity index (χ0v) is 55.0. The minimum absolute atomic E-state index is 0. The van der Waals surface area contributed by atoms with Crippen molar-refractivity contribution in [3.63, 3.8) is 0 Å². The number of pyridine rings is 1. The van der Waals surface area contributed by atoms with E-state index in [9.17, 15) is 19.5 Å². The fourth-order valence-corrected chi connectivity index (χ4v) is 9.90. The van der Waals surface area contributed by atoms with Gasteiger partial charge >= 0.3 is 25.3 Å². The van der Waals surface area contributed by atoms with Gasteiger partial charge in [-0.1, -0.05) is 142 Å². The van der Waals surface area contributed by atoms with Crippen LogP contribution in [-0.4, -0.2) is 105 Å². The molecule has 463 valence electrons. The molecule has 0 aliphatic carbocycles. The van der Waals surface area contributed by atoms with Crippen molar-refractivity contribution < 1.29 is 51.0 Å². The summed E-state index contributed by atoms with van der Waals surface area (Å²) >= 11 is 11.7. The number of quaternary nitrogens is 1. The van der Waals surface area contributed by atoms with E-state index < -0.39 is 40.4 Å². The van der Waals surface area contributed by atoms with Crippen LogP contribution in [0.2, 0.25) is 16.9 Å². The number of carboxylic acids is 1. The third-order valence-electron chi connectivity index (χ3n) is 14.3. The molecule has 0 amide bonds. The summed E-state index contributed by atoms with van der Waals surface area (Å²) in [4.78, 5) is 47.8. The molecule has 1 radical (unpaired) electrons. The van der Waals surface area contributed by atoms with Crippen molar-refractivity contribution in [2.24, 2.45) is 27.6 Å². The number of aliphatic hydroxyl groups is 1. The second kappa shape index (κ2) is 37.2. The molecule has 4 N–H and O–H groups in total. The van der Waals surface area contributed by atoms with Crippen LogP contribution in [0.4, 0.5) is 0 Å². The number of aliphatic hydroxyl groups excluding tert-OH is 1. The lowest BCUT2D eigenvalue weighted by molar-refractivity contribution is -0.984. The number of para-hydroxylation sites is 1. The molecule has 2 bridgehead atoms. The van der Waals surface area contributed by atoms with Gasteiger partial charge in [0.15, 0.2) is 5.54 Å². The molecule has 3 aliphatic rings. The standard InChI is InChI=1S/C26H29N2O.C18H26ClNO2.C14H18ClNO2.C7H15NO2.C2H3BN.2ClH/c1-2-20-18-28(17-19-8-4-3-5-9-19)15-13-21(20)16-25(28)26(29)23-12-14-27-24-11-7-6-10-22(23)24;1-6-7-12-18(5,16(21)22-17(2,3)4)20-13-14-8-10-15(19)11-9-14;1-10(13(17)18-14(2,3)4)16-9-11-5-7-12(15)8-6-11;1-3-4-5-7(2,8)6(9)10;1-3-4-2;;/h2-12,14,20-21,25-26,29H,1,13,15-18H2;8-11,13H,6-7,12H2,1-5H3;5-10H,1-4H3;3-5,8H2,1-2H3,(H,9,10);1H3;2*1H/q+1;;;;;;/p-1/t20?,21?,25?,26-,28?;18-;;7-;;;/m01.1.../s1. The molecule has 5 unspecified atom stereocenters. The number of carbonyl (C=O) groups excluding carboxylic acids is 2. The third kappa shape index (κ3) is 26.5. The highest BCUT2D eigenvalue weighted by molar-refractivity contribution is 6.37. The number of aliphatic carboxylic acids is 1. The minimum Gasteiger partial charge on any atom is -1.00 e. The number of piperidine rings is 3. The predicted molar refractivity (Wildman–Crippen MR) is 349 cm³/mol. The van der Waals surface area contributed by atoms with E-state index >= 15 is 0 Å². The van der Waals surface area contributed by atoms with Gasteiger partial charge in [-0.2, -0.15) is 0 Å². The highest BCUT2D eigenvalue weighted by Gasteiger charge is 2.54. The second-order valence-corrected chi connectivity index (χ2v) is 24.7. The van der Waals surface area contributed by atoms with Crippen LogP contribution in [0, 0.1) is 18.4 Å². The topological polar surface area (TPSA) is 178 Å². The number of nitrogens with zero attached hydrogens (tertiary/aromatic N) is 5. The van der Waals surface area contributed by atoms with Gasteiger partial charge in [0.05, 0.1) is 18.6 Å². The molecule has 13 nitrogen and oxygen atoms in total. The zero-order valence-electron chi connectivity index (χ0n) is 51.9. The van der Waals surface area contributed by atoms with Gasteiger partial charge in [-0.25, -0.2) is 9.59 Å². The van der Waals surface area contributed by atoms with Crippen molar-refractivity contribution in [2.45, 2.75) is 181 Å². The number of benzene rings is 4. The Morgan fingerprint density at radius 3 is 1.89 bits per heavy atom. The highest BCUT2D eigenvalue weighted by atomic mass is 35.5. The van der Waals surface area contributed by atoms with Crippen molar-refractivity contribution in [2.75, 3.05) is 13.1 Å². The molecule has 4 aromatic carbocycles. The van der Waals surface area contributed by atoms with E-state index in [-0.39, 0.29) is 42.8 Å². The van der Waals surface area contributed by atoms with Crippen LogP contribution in [0.1, 0.15) is 156 Å². The Balaban J connectivity index is 0.000000580. The first kappa shape index (κ1) is 77.4. The molecule has 0 spiro atoms. The number of ether oxygens (including phenoxy) is 2. The van der Waals surface area contributed by atoms with Crippen LogP contribution in [-0.2, 0) is 30.4 Å². The smallest absolute Gasteiger partial charge is 0.633 e. The molecule has 1 aromatic heterocycles. The van der Waals surface area contributed by atoms with E-state index in [1.807, 2.05) is 110 Å². The maximum absolute atomic E-state index is 12.5. The molecular weight excluding hydrogens is 1150 g/mol. The fourth-order valence-electron chi connectivity index (χ4n) is 9.65. The second-order valence-electron chi connectivity index (χ2n) is 23.8. The Morgan fingerprint density at radius 1 is 0.847 bits per heavy atom. The van der Waals surface area contributed by atoms with Gasteiger partial charge in [0.25, 0.3) is 0 Å². The summed E-state index contributed by atoms with van der Waals surface area (Å²) in [6.07, 6.45) is 14.2. The number of carboxylic acid groups (broad SMARTS) is 1.